The highest BCUT2D eigenvalue weighted by Crippen LogP contribution is 2.26. The molecule has 0 aromatic carbocycles. The average molecular weight is 288 g/mol. The van der Waals surface area contributed by atoms with Gasteiger partial charge in [0.2, 0.25) is 0 Å². The van der Waals surface area contributed by atoms with Crippen molar-refractivity contribution in [3.05, 3.63) is 11.3 Å². The maximum atomic E-state index is 11.7. The molecule has 2 heterocycles. The Labute approximate surface area is 111 Å². The second-order valence-electron chi connectivity index (χ2n) is 4.54. The summed E-state index contributed by atoms with van der Waals surface area (Å²) in [6.07, 6.45) is 1.43. The molecule has 0 spiro atoms. The van der Waals surface area contributed by atoms with Crippen molar-refractivity contribution in [3.8, 4) is 0 Å². The lowest BCUT2D eigenvalue weighted by Gasteiger charge is -2.11. The van der Waals surface area contributed by atoms with Crippen molar-refractivity contribution in [1.29, 1.82) is 0 Å². The molecule has 2 rings (SSSR count). The van der Waals surface area contributed by atoms with Gasteiger partial charge < -0.3 is 5.32 Å². The Bertz CT molecular complexity index is 563. The Morgan fingerprint density at radius 1 is 1.56 bits per heavy atom. The summed E-state index contributed by atoms with van der Waals surface area (Å²) in [5, 5.41) is 3.42. The summed E-state index contributed by atoms with van der Waals surface area (Å²) in [4.78, 5) is 11.5. The molecule has 1 saturated heterocycles. The Hall–Kier alpha value is -0.950. The van der Waals surface area contributed by atoms with Crippen LogP contribution in [0.3, 0.4) is 0 Å². The molecule has 1 unspecified atom stereocenters. The van der Waals surface area contributed by atoms with Crippen molar-refractivity contribution < 1.29 is 13.2 Å². The normalized spacial score (nSPS) is 22.0. The van der Waals surface area contributed by atoms with Crippen molar-refractivity contribution in [2.75, 3.05) is 17.6 Å². The van der Waals surface area contributed by atoms with Crippen LogP contribution in [0.25, 0.3) is 0 Å². The van der Waals surface area contributed by atoms with E-state index in [4.69, 9.17) is 0 Å². The Morgan fingerprint density at radius 2 is 2.28 bits per heavy atom. The molecule has 7 heteroatoms. The SMILES string of the molecule is CC(=O)c1c(C)nsc1NCC1CCCS1(=O)=O. The van der Waals surface area contributed by atoms with E-state index in [0.717, 1.165) is 6.42 Å². The molecule has 1 atom stereocenters. The van der Waals surface area contributed by atoms with Crippen LogP contribution < -0.4 is 5.32 Å². The first kappa shape index (κ1) is 13.5. The molecule has 100 valence electrons. The third-order valence-electron chi connectivity index (χ3n) is 3.17. The maximum absolute atomic E-state index is 11.7. The summed E-state index contributed by atoms with van der Waals surface area (Å²) in [5.41, 5.74) is 1.28. The van der Waals surface area contributed by atoms with Crippen LogP contribution in [0, 0.1) is 6.92 Å². The van der Waals surface area contributed by atoms with Crippen LogP contribution in [0.4, 0.5) is 5.00 Å². The predicted molar refractivity (Wildman–Crippen MR) is 72.2 cm³/mol. The fraction of sp³-hybridized carbons (Fsp3) is 0.636. The molecule has 1 aromatic rings. The zero-order valence-electron chi connectivity index (χ0n) is 10.4. The lowest BCUT2D eigenvalue weighted by Crippen LogP contribution is -2.25. The number of Topliss-reactive ketones (excluding diaryl/α,β-unsaturated/α-hetero) is 1. The lowest BCUT2D eigenvalue weighted by atomic mass is 10.2. The van der Waals surface area contributed by atoms with E-state index < -0.39 is 9.84 Å². The van der Waals surface area contributed by atoms with E-state index in [-0.39, 0.29) is 16.8 Å². The molecule has 18 heavy (non-hydrogen) atoms. The number of rotatable bonds is 4. The minimum atomic E-state index is -2.95. The van der Waals surface area contributed by atoms with Crippen LogP contribution in [0.2, 0.25) is 0 Å². The first-order valence-corrected chi connectivity index (χ1v) is 8.33. The summed E-state index contributed by atoms with van der Waals surface area (Å²) < 4.78 is 27.5. The second kappa shape index (κ2) is 4.97. The van der Waals surface area contributed by atoms with Gasteiger partial charge >= 0.3 is 0 Å². The summed E-state index contributed by atoms with van der Waals surface area (Å²) in [6, 6.07) is 0. The van der Waals surface area contributed by atoms with Crippen LogP contribution in [0.5, 0.6) is 0 Å². The Balaban J connectivity index is 2.09. The van der Waals surface area contributed by atoms with E-state index in [1.165, 1.54) is 18.5 Å². The lowest BCUT2D eigenvalue weighted by molar-refractivity contribution is 0.101. The smallest absolute Gasteiger partial charge is 0.164 e. The largest absolute Gasteiger partial charge is 0.374 e. The molecule has 1 N–H and O–H groups in total. The third kappa shape index (κ3) is 2.56. The van der Waals surface area contributed by atoms with E-state index >= 15 is 0 Å². The van der Waals surface area contributed by atoms with Crippen molar-refractivity contribution in [3.63, 3.8) is 0 Å². The highest BCUT2D eigenvalue weighted by Gasteiger charge is 2.31. The van der Waals surface area contributed by atoms with Gasteiger partial charge in [-0.3, -0.25) is 4.79 Å². The van der Waals surface area contributed by atoms with Crippen LogP contribution in [0.1, 0.15) is 35.8 Å². The highest BCUT2D eigenvalue weighted by molar-refractivity contribution is 7.92. The van der Waals surface area contributed by atoms with Crippen molar-refractivity contribution in [2.24, 2.45) is 0 Å². The van der Waals surface area contributed by atoms with Gasteiger partial charge in [0.05, 0.1) is 22.3 Å². The molecule has 1 aliphatic rings. The molecule has 1 fully saturated rings. The number of aromatic nitrogens is 1. The molecular formula is C11H16N2O3S2. The zero-order chi connectivity index (χ0) is 13.3. The van der Waals surface area contributed by atoms with Gasteiger partial charge in [0.25, 0.3) is 0 Å². The molecular weight excluding hydrogens is 272 g/mol. The topological polar surface area (TPSA) is 76.1 Å². The van der Waals surface area contributed by atoms with Crippen molar-refractivity contribution >= 4 is 32.2 Å². The second-order valence-corrected chi connectivity index (χ2v) is 7.71. The quantitative estimate of drug-likeness (QED) is 0.852. The third-order valence-corrected chi connectivity index (χ3v) is 6.34. The van der Waals surface area contributed by atoms with E-state index in [1.54, 1.807) is 6.92 Å². The molecule has 0 radical (unpaired) electrons. The van der Waals surface area contributed by atoms with E-state index in [9.17, 15) is 13.2 Å². The monoisotopic (exact) mass is 288 g/mol. The first-order chi connectivity index (χ1) is 8.42. The van der Waals surface area contributed by atoms with Crippen molar-refractivity contribution in [1.82, 2.24) is 4.37 Å². The number of sulfone groups is 1. The number of ketones is 1. The highest BCUT2D eigenvalue weighted by atomic mass is 32.2. The molecule has 0 saturated carbocycles. The Kier molecular flexibility index (Phi) is 3.72. The molecule has 0 bridgehead atoms. The maximum Gasteiger partial charge on any atom is 0.164 e. The van der Waals surface area contributed by atoms with Crippen molar-refractivity contribution in [2.45, 2.75) is 31.9 Å². The fourth-order valence-electron chi connectivity index (χ4n) is 2.20. The minimum absolute atomic E-state index is 0.0435. The fourth-order valence-corrected chi connectivity index (χ4v) is 4.81. The summed E-state index contributed by atoms with van der Waals surface area (Å²) in [5.74, 6) is 0.235. The molecule has 1 aromatic heterocycles. The minimum Gasteiger partial charge on any atom is -0.374 e. The summed E-state index contributed by atoms with van der Waals surface area (Å²) >= 11 is 1.21. The van der Waals surface area contributed by atoms with E-state index in [0.29, 0.717) is 29.2 Å². The van der Waals surface area contributed by atoms with Gasteiger partial charge in [0.1, 0.15) is 5.00 Å². The number of nitrogens with zero attached hydrogens (tertiary/aromatic N) is 1. The van der Waals surface area contributed by atoms with Gasteiger partial charge in [-0.1, -0.05) is 0 Å². The number of hydrogen-bond donors (Lipinski definition) is 1. The standard InChI is InChI=1S/C11H16N2O3S2/c1-7-10(8(2)14)11(17-13-7)12-6-9-4-3-5-18(9,15)16/h9,12H,3-6H2,1-2H3. The van der Waals surface area contributed by atoms with Gasteiger partial charge in [0.15, 0.2) is 15.6 Å². The van der Waals surface area contributed by atoms with Crippen LogP contribution in [-0.2, 0) is 9.84 Å². The molecule has 0 amide bonds. The number of carbonyl (C=O) groups is 1. The van der Waals surface area contributed by atoms with Gasteiger partial charge in [0, 0.05) is 6.54 Å². The number of aryl methyl sites for hydroxylation is 1. The summed E-state index contributed by atoms with van der Waals surface area (Å²) in [6.45, 7) is 3.64. The summed E-state index contributed by atoms with van der Waals surface area (Å²) in [7, 11) is -2.95. The van der Waals surface area contributed by atoms with Crippen LogP contribution >= 0.6 is 11.5 Å². The van der Waals surface area contributed by atoms with Gasteiger partial charge in [-0.15, -0.1) is 0 Å². The van der Waals surface area contributed by atoms with Crippen LogP contribution in [-0.4, -0.2) is 36.1 Å². The van der Waals surface area contributed by atoms with Crippen LogP contribution in [0.15, 0.2) is 0 Å². The number of hydrogen-bond acceptors (Lipinski definition) is 6. The molecule has 0 aliphatic carbocycles. The first-order valence-electron chi connectivity index (χ1n) is 5.84. The molecule has 5 nitrogen and oxygen atoms in total. The number of anilines is 1. The van der Waals surface area contributed by atoms with Gasteiger partial charge in [-0.25, -0.2) is 8.42 Å². The van der Waals surface area contributed by atoms with E-state index in [1.807, 2.05) is 0 Å². The predicted octanol–water partition coefficient (Wildman–Crippen LogP) is 1.64. The number of carbonyl (C=O) groups excluding carboxylic acids is 1. The zero-order valence-corrected chi connectivity index (χ0v) is 12.0. The Morgan fingerprint density at radius 3 is 2.83 bits per heavy atom. The average Bonchev–Trinajstić information content (AvgIpc) is 2.78. The van der Waals surface area contributed by atoms with E-state index in [2.05, 4.69) is 9.69 Å². The van der Waals surface area contributed by atoms with Gasteiger partial charge in [-0.05, 0) is 38.2 Å². The van der Waals surface area contributed by atoms with Gasteiger partial charge in [-0.2, -0.15) is 4.37 Å². The molecule has 1 aliphatic heterocycles. The number of nitrogens with one attached hydrogen (secondary N) is 1.